The number of nitrogens with one attached hydrogen (secondary N) is 1. The van der Waals surface area contributed by atoms with Gasteiger partial charge in [0.25, 0.3) is 11.6 Å². The van der Waals surface area contributed by atoms with E-state index in [1.807, 2.05) is 13.8 Å². The van der Waals surface area contributed by atoms with Crippen molar-refractivity contribution in [3.8, 4) is 0 Å². The van der Waals surface area contributed by atoms with Gasteiger partial charge in [-0.05, 0) is 19.9 Å². The maximum Gasteiger partial charge on any atom is 0.270 e. The number of hydrogen-bond acceptors (Lipinski definition) is 4. The van der Waals surface area contributed by atoms with Gasteiger partial charge in [0.05, 0.1) is 11.1 Å². The van der Waals surface area contributed by atoms with Crippen LogP contribution in [0.4, 0.5) is 11.5 Å². The van der Waals surface area contributed by atoms with E-state index in [0.29, 0.717) is 5.82 Å². The molecule has 0 aliphatic carbocycles. The standard InChI is InChI=1S/C13H14N4O3/c1-9(2)16-12(6-7-14-16)15-13(18)10-4-3-5-11(8-10)17(19)20/h3-9H,1-2H3,(H,15,18). The van der Waals surface area contributed by atoms with Crippen molar-refractivity contribution in [2.24, 2.45) is 0 Å². The highest BCUT2D eigenvalue weighted by atomic mass is 16.6. The smallest absolute Gasteiger partial charge is 0.270 e. The lowest BCUT2D eigenvalue weighted by molar-refractivity contribution is -0.384. The van der Waals surface area contributed by atoms with Crippen LogP contribution in [0.2, 0.25) is 0 Å². The Labute approximate surface area is 115 Å². The molecule has 7 nitrogen and oxygen atoms in total. The van der Waals surface area contributed by atoms with Crippen molar-refractivity contribution >= 4 is 17.4 Å². The molecule has 0 saturated carbocycles. The Morgan fingerprint density at radius 3 is 2.80 bits per heavy atom. The average molecular weight is 274 g/mol. The second-order valence-electron chi connectivity index (χ2n) is 4.52. The SMILES string of the molecule is CC(C)n1nccc1NC(=O)c1cccc([N+](=O)[O-])c1. The predicted molar refractivity (Wildman–Crippen MR) is 73.7 cm³/mol. The number of carbonyl (C=O) groups excluding carboxylic acids is 1. The van der Waals surface area contributed by atoms with E-state index in [4.69, 9.17) is 0 Å². The molecular weight excluding hydrogens is 260 g/mol. The highest BCUT2D eigenvalue weighted by molar-refractivity contribution is 6.04. The summed E-state index contributed by atoms with van der Waals surface area (Å²) in [5.41, 5.74) is 0.116. The van der Waals surface area contributed by atoms with Gasteiger partial charge in [-0.15, -0.1) is 0 Å². The quantitative estimate of drug-likeness (QED) is 0.685. The fourth-order valence-corrected chi connectivity index (χ4v) is 1.77. The first-order valence-corrected chi connectivity index (χ1v) is 6.08. The molecule has 2 aromatic rings. The summed E-state index contributed by atoms with van der Waals surface area (Å²) in [7, 11) is 0. The van der Waals surface area contributed by atoms with Crippen molar-refractivity contribution in [2.45, 2.75) is 19.9 Å². The maximum absolute atomic E-state index is 12.1. The van der Waals surface area contributed by atoms with Crippen molar-refractivity contribution in [1.29, 1.82) is 0 Å². The van der Waals surface area contributed by atoms with E-state index >= 15 is 0 Å². The molecule has 20 heavy (non-hydrogen) atoms. The summed E-state index contributed by atoms with van der Waals surface area (Å²) >= 11 is 0. The third-order valence-corrected chi connectivity index (χ3v) is 2.72. The number of carbonyl (C=O) groups is 1. The van der Waals surface area contributed by atoms with Crippen LogP contribution in [0.15, 0.2) is 36.5 Å². The van der Waals surface area contributed by atoms with Crippen molar-refractivity contribution in [2.75, 3.05) is 5.32 Å². The van der Waals surface area contributed by atoms with Crippen LogP contribution in [0, 0.1) is 10.1 Å². The Morgan fingerprint density at radius 2 is 2.15 bits per heavy atom. The van der Waals surface area contributed by atoms with Gasteiger partial charge in [-0.25, -0.2) is 4.68 Å². The van der Waals surface area contributed by atoms with Gasteiger partial charge < -0.3 is 5.32 Å². The number of nitro benzene ring substituents is 1. The summed E-state index contributed by atoms with van der Waals surface area (Å²) in [6.07, 6.45) is 1.59. The molecule has 7 heteroatoms. The Bertz CT molecular complexity index is 649. The van der Waals surface area contributed by atoms with Crippen LogP contribution in [0.25, 0.3) is 0 Å². The molecule has 0 aliphatic heterocycles. The number of nitrogens with zero attached hydrogens (tertiary/aromatic N) is 3. The second-order valence-corrected chi connectivity index (χ2v) is 4.52. The van der Waals surface area contributed by atoms with Crippen molar-refractivity contribution < 1.29 is 9.72 Å². The molecule has 0 aliphatic rings. The monoisotopic (exact) mass is 274 g/mol. The Morgan fingerprint density at radius 1 is 1.40 bits per heavy atom. The minimum atomic E-state index is -0.533. The van der Waals surface area contributed by atoms with Crippen LogP contribution in [0.1, 0.15) is 30.2 Å². The molecule has 0 bridgehead atoms. The third kappa shape index (κ3) is 2.82. The van der Waals surface area contributed by atoms with Gasteiger partial charge in [-0.3, -0.25) is 14.9 Å². The summed E-state index contributed by atoms with van der Waals surface area (Å²) in [5, 5.41) is 17.5. The average Bonchev–Trinajstić information content (AvgIpc) is 2.87. The van der Waals surface area contributed by atoms with E-state index in [0.717, 1.165) is 0 Å². The molecule has 1 aromatic heterocycles. The molecule has 1 aromatic carbocycles. The van der Waals surface area contributed by atoms with Crippen molar-refractivity contribution in [3.63, 3.8) is 0 Å². The lowest BCUT2D eigenvalue weighted by atomic mass is 10.2. The van der Waals surface area contributed by atoms with Crippen LogP contribution < -0.4 is 5.32 Å². The number of amides is 1. The van der Waals surface area contributed by atoms with Gasteiger partial charge in [0.1, 0.15) is 5.82 Å². The summed E-state index contributed by atoms with van der Waals surface area (Å²) in [4.78, 5) is 22.3. The number of non-ortho nitro benzene ring substituents is 1. The Kier molecular flexibility index (Phi) is 3.79. The van der Waals surface area contributed by atoms with Crippen LogP contribution in [0.3, 0.4) is 0 Å². The first-order chi connectivity index (χ1) is 9.49. The highest BCUT2D eigenvalue weighted by Crippen LogP contribution is 2.17. The van der Waals surface area contributed by atoms with Gasteiger partial charge in [0.2, 0.25) is 0 Å². The molecule has 1 amide bonds. The molecule has 0 atom stereocenters. The fourth-order valence-electron chi connectivity index (χ4n) is 1.77. The minimum Gasteiger partial charge on any atom is -0.307 e. The number of aromatic nitrogens is 2. The zero-order valence-corrected chi connectivity index (χ0v) is 11.1. The molecule has 0 spiro atoms. The number of rotatable bonds is 4. The van der Waals surface area contributed by atoms with Crippen LogP contribution in [0.5, 0.6) is 0 Å². The zero-order chi connectivity index (χ0) is 14.7. The molecular formula is C13H14N4O3. The van der Waals surface area contributed by atoms with E-state index in [2.05, 4.69) is 10.4 Å². The summed E-state index contributed by atoms with van der Waals surface area (Å²) in [6, 6.07) is 7.37. The summed E-state index contributed by atoms with van der Waals surface area (Å²) in [6.45, 7) is 3.88. The molecule has 1 heterocycles. The normalized spacial score (nSPS) is 10.6. The molecule has 0 fully saturated rings. The lowest BCUT2D eigenvalue weighted by Gasteiger charge is -2.11. The molecule has 104 valence electrons. The van der Waals surface area contributed by atoms with Crippen molar-refractivity contribution in [1.82, 2.24) is 9.78 Å². The van der Waals surface area contributed by atoms with E-state index in [1.54, 1.807) is 16.9 Å². The molecule has 2 rings (SSSR count). The number of nitro groups is 1. The second kappa shape index (κ2) is 5.52. The van der Waals surface area contributed by atoms with Crippen LogP contribution in [-0.2, 0) is 0 Å². The molecule has 0 unspecified atom stereocenters. The Balaban J connectivity index is 2.22. The number of hydrogen-bond donors (Lipinski definition) is 1. The van der Waals surface area contributed by atoms with E-state index in [1.165, 1.54) is 24.3 Å². The minimum absolute atomic E-state index is 0.102. The van der Waals surface area contributed by atoms with Crippen molar-refractivity contribution in [3.05, 3.63) is 52.2 Å². The van der Waals surface area contributed by atoms with E-state index < -0.39 is 10.8 Å². The molecule has 0 saturated heterocycles. The van der Waals surface area contributed by atoms with E-state index in [-0.39, 0.29) is 17.3 Å². The van der Waals surface area contributed by atoms with E-state index in [9.17, 15) is 14.9 Å². The Hall–Kier alpha value is -2.70. The maximum atomic E-state index is 12.1. The fraction of sp³-hybridized carbons (Fsp3) is 0.231. The van der Waals surface area contributed by atoms with Gasteiger partial charge in [-0.2, -0.15) is 5.10 Å². The number of anilines is 1. The number of benzene rings is 1. The van der Waals surface area contributed by atoms with Crippen LogP contribution >= 0.6 is 0 Å². The first kappa shape index (κ1) is 13.7. The van der Waals surface area contributed by atoms with Gasteiger partial charge in [-0.1, -0.05) is 6.07 Å². The highest BCUT2D eigenvalue weighted by Gasteiger charge is 2.14. The first-order valence-electron chi connectivity index (χ1n) is 6.08. The molecule has 1 N–H and O–H groups in total. The molecule has 0 radical (unpaired) electrons. The zero-order valence-electron chi connectivity index (χ0n) is 11.1. The predicted octanol–water partition coefficient (Wildman–Crippen LogP) is 2.62. The lowest BCUT2D eigenvalue weighted by Crippen LogP contribution is -2.16. The summed E-state index contributed by atoms with van der Waals surface area (Å²) < 4.78 is 1.66. The van der Waals surface area contributed by atoms with Gasteiger partial charge >= 0.3 is 0 Å². The largest absolute Gasteiger partial charge is 0.307 e. The summed E-state index contributed by atoms with van der Waals surface area (Å²) in [5.74, 6) is 0.146. The van der Waals surface area contributed by atoms with Gasteiger partial charge in [0.15, 0.2) is 0 Å². The topological polar surface area (TPSA) is 90.1 Å². The van der Waals surface area contributed by atoms with Crippen LogP contribution in [-0.4, -0.2) is 20.6 Å². The third-order valence-electron chi connectivity index (χ3n) is 2.72. The van der Waals surface area contributed by atoms with Gasteiger partial charge in [0, 0.05) is 29.8 Å².